The fraction of sp³-hybridized carbons (Fsp3) is 0.759. The molecule has 31 heteroatoms. The van der Waals surface area contributed by atoms with Crippen LogP contribution < -0.4 is 21.3 Å². The van der Waals surface area contributed by atoms with Gasteiger partial charge in [-0.1, -0.05) is 135 Å². The summed E-state index contributed by atoms with van der Waals surface area (Å²) in [6.07, 6.45) is 8.03. The van der Waals surface area contributed by atoms with Crippen molar-refractivity contribution in [2.24, 2.45) is 70.0 Å². The van der Waals surface area contributed by atoms with Gasteiger partial charge in [0.1, 0.15) is 85.3 Å². The number of rotatable bonds is 23. The molecule has 6 N–H and O–H groups in total. The molecule has 12 unspecified atom stereocenters. The van der Waals surface area contributed by atoms with E-state index in [2.05, 4.69) is 21.3 Å². The first-order chi connectivity index (χ1) is 54.8. The summed E-state index contributed by atoms with van der Waals surface area (Å²) in [5, 5.41) is 35.3. The van der Waals surface area contributed by atoms with Crippen molar-refractivity contribution >= 4 is 88.5 Å². The Balaban J connectivity index is 1.57. The molecule has 1 heterocycles. The van der Waals surface area contributed by atoms with Crippen LogP contribution in [0.4, 0.5) is 0 Å². The highest BCUT2D eigenvalue weighted by atomic mass is 16.6. The zero-order chi connectivity index (χ0) is 89.6. The summed E-state index contributed by atoms with van der Waals surface area (Å²) >= 11 is 0. The highest BCUT2D eigenvalue weighted by molar-refractivity contribution is 6.02. The molecule has 4 aliphatic carbocycles. The SMILES string of the molecule is C/C=C/C[C@@H](C)[C@@H](OC(=O)COCC(=O)OCC(=O)[C@@]1(O)CCC2C3CCC4=CC(=O)C=C[C@]4(C)C3[C@@H](O)C[C@@]21C)C1C(=O)NC(CC)C(=O)N(C)CC(=O)N(C)[C@@H](CC(C)C)C(=O)NC(C(C)C)C(=O)N(C)C(CC(C)C)C(=O)NC(C)C(=O)NC(C)C(=O)N(C)C(CC(C)C)C(=O)N(C)C(CC(C)C)C(=O)N(C)C(C(C)C)C(=O)N1C. The van der Waals surface area contributed by atoms with Crippen molar-refractivity contribution in [1.29, 1.82) is 0 Å². The van der Waals surface area contributed by atoms with Gasteiger partial charge in [0.05, 0.1) is 12.6 Å². The molecule has 0 radical (unpaired) electrons. The highest BCUT2D eigenvalue weighted by Crippen LogP contribution is 2.67. The van der Waals surface area contributed by atoms with Gasteiger partial charge in [0.25, 0.3) is 0 Å². The van der Waals surface area contributed by atoms with Crippen LogP contribution in [0.3, 0.4) is 0 Å². The number of nitrogens with zero attached hydrogens (tertiary/aromatic N) is 7. The number of ketones is 2. The van der Waals surface area contributed by atoms with Crippen LogP contribution in [0.15, 0.2) is 36.0 Å². The molecule has 31 nitrogen and oxygen atoms in total. The third kappa shape index (κ3) is 23.6. The molecule has 0 spiro atoms. The van der Waals surface area contributed by atoms with Crippen molar-refractivity contribution in [3.8, 4) is 0 Å². The Morgan fingerprint density at radius 3 is 1.63 bits per heavy atom. The minimum Gasteiger partial charge on any atom is -0.458 e. The van der Waals surface area contributed by atoms with Crippen molar-refractivity contribution in [3.63, 3.8) is 0 Å². The smallest absolute Gasteiger partial charge is 0.332 e. The van der Waals surface area contributed by atoms with Crippen molar-refractivity contribution < 1.29 is 96.3 Å². The van der Waals surface area contributed by atoms with Gasteiger partial charge in [0.15, 0.2) is 12.4 Å². The molecule has 0 aromatic rings. The lowest BCUT2D eigenvalue weighted by Crippen LogP contribution is -2.64. The predicted molar refractivity (Wildman–Crippen MR) is 442 cm³/mol. The maximum absolute atomic E-state index is 15.9. The summed E-state index contributed by atoms with van der Waals surface area (Å²) in [6.45, 7) is 29.6. The quantitative estimate of drug-likeness (QED) is 0.0581. The molecule has 664 valence electrons. The standard InChI is InChI=1S/C87H141N11O20/c1-27-29-30-53(15)74(118-69(104)46-116-45-68(103)117-44-66(101)87(115)36-34-59-58-32-31-56-41-57(99)33-35-85(56,18)70(58)65(100)42-86(59,87)19)73-78(108)90-60(28-2)80(110)92(20)43-67(102)93(21)61(37-47(3)4)77(107)91-71(51(11)12)83(113)94(22)62(38-48(5)6)76(106)88-54(16)75(105)89-55(17)79(109)95(23)63(39-49(7)8)81(111)96(24)64(40-50(9)10)82(112)97(25)72(52(13)14)84(114)98(73)26/h27,29,33,35,41,47-55,58-65,70-74,100,115H,28,30-32,34,36-40,42-46H2,1-26H3,(H,88,106)(H,89,105)(H,90,108)(H,91,107)/b29-27+/t53-,54?,55?,58?,59?,60?,61+,62?,63?,64?,65+,70?,71?,72?,73?,74-,85+,86+,87+/m1/s1. The van der Waals surface area contributed by atoms with Crippen LogP contribution in [0, 0.1) is 70.0 Å². The monoisotopic (exact) mass is 1660 g/mol. The minimum absolute atomic E-state index is 0.0435. The number of fused-ring (bicyclic) bond motifs is 5. The van der Waals surface area contributed by atoms with Crippen LogP contribution in [-0.2, 0) is 86.1 Å². The van der Waals surface area contributed by atoms with E-state index in [1.54, 1.807) is 73.6 Å². The fourth-order valence-electron chi connectivity index (χ4n) is 18.3. The molecule has 3 saturated carbocycles. The maximum Gasteiger partial charge on any atom is 0.332 e. The first-order valence-corrected chi connectivity index (χ1v) is 42.3. The van der Waals surface area contributed by atoms with E-state index in [1.807, 2.05) is 68.4 Å². The molecule has 0 aromatic carbocycles. The van der Waals surface area contributed by atoms with Gasteiger partial charge in [-0.25, -0.2) is 9.59 Å². The zero-order valence-electron chi connectivity index (χ0n) is 75.1. The van der Waals surface area contributed by atoms with E-state index in [1.165, 1.54) is 88.9 Å². The number of aliphatic hydroxyl groups excluding tert-OH is 1. The normalized spacial score (nSPS) is 31.1. The van der Waals surface area contributed by atoms with E-state index in [4.69, 9.17) is 14.2 Å². The molecule has 5 rings (SSSR count). The number of hydrogen-bond acceptors (Lipinski definition) is 20. The predicted octanol–water partition coefficient (Wildman–Crippen LogP) is 4.96. The molecule has 0 aromatic heterocycles. The van der Waals surface area contributed by atoms with Gasteiger partial charge in [-0.15, -0.1) is 0 Å². The second-order valence-corrected chi connectivity index (χ2v) is 36.7. The Morgan fingerprint density at radius 2 is 1.08 bits per heavy atom. The third-order valence-corrected chi connectivity index (χ3v) is 25.2. The van der Waals surface area contributed by atoms with Gasteiger partial charge in [-0.3, -0.25) is 62.3 Å². The van der Waals surface area contributed by atoms with Gasteiger partial charge in [-0.2, -0.15) is 0 Å². The maximum atomic E-state index is 15.9. The average molecular weight is 1660 g/mol. The Kier molecular flexibility index (Phi) is 36.2. The Bertz CT molecular complexity index is 3740. The van der Waals surface area contributed by atoms with E-state index in [-0.39, 0.29) is 98.6 Å². The van der Waals surface area contributed by atoms with E-state index in [9.17, 15) is 63.0 Å². The summed E-state index contributed by atoms with van der Waals surface area (Å²) in [4.78, 5) is 228. The van der Waals surface area contributed by atoms with Crippen molar-refractivity contribution in [1.82, 2.24) is 55.6 Å². The molecule has 5 aliphatic rings. The fourth-order valence-corrected chi connectivity index (χ4v) is 18.3. The number of nitrogens with one attached hydrogen (secondary N) is 4. The van der Waals surface area contributed by atoms with Gasteiger partial charge in [0, 0.05) is 66.1 Å². The first kappa shape index (κ1) is 100. The number of carbonyl (C=O) groups excluding carboxylic acids is 15. The minimum atomic E-state index is -1.99. The molecule has 11 amide bonds. The lowest BCUT2D eigenvalue weighted by Gasteiger charge is -2.59. The number of ether oxygens (including phenoxy) is 3. The van der Waals surface area contributed by atoms with Gasteiger partial charge >= 0.3 is 11.9 Å². The molecular weight excluding hydrogens is 1520 g/mol. The zero-order valence-corrected chi connectivity index (χ0v) is 75.1. The number of carbonyl (C=O) groups is 15. The number of aliphatic hydroxyl groups is 2. The molecular formula is C87H141N11O20. The molecule has 1 saturated heterocycles. The molecule has 4 fully saturated rings. The average Bonchev–Trinajstić information content (AvgIpc) is 1.47. The van der Waals surface area contributed by atoms with Crippen LogP contribution in [0.1, 0.15) is 202 Å². The number of Topliss-reactive ketones (excluding diaryl/α,β-unsaturated/α-hetero) is 1. The Labute approximate surface area is 699 Å². The number of hydrogen-bond donors (Lipinski definition) is 6. The topological polar surface area (TPSA) is 395 Å². The molecule has 1 aliphatic heterocycles. The molecule has 0 bridgehead atoms. The lowest BCUT2D eigenvalue weighted by atomic mass is 9.46. The van der Waals surface area contributed by atoms with E-state index >= 15 is 19.2 Å². The number of esters is 2. The van der Waals surface area contributed by atoms with Crippen molar-refractivity contribution in [2.45, 2.75) is 280 Å². The Hall–Kier alpha value is -8.45. The van der Waals surface area contributed by atoms with Crippen LogP contribution in [0.2, 0.25) is 0 Å². The second-order valence-electron chi connectivity index (χ2n) is 36.7. The van der Waals surface area contributed by atoms with E-state index in [0.29, 0.717) is 19.3 Å². The van der Waals surface area contributed by atoms with Crippen LogP contribution in [0.5, 0.6) is 0 Å². The molecule has 19 atom stereocenters. The summed E-state index contributed by atoms with van der Waals surface area (Å²) in [6, 6.07) is -13.5. The summed E-state index contributed by atoms with van der Waals surface area (Å²) in [5.74, 6) is -15.2. The largest absolute Gasteiger partial charge is 0.458 e. The number of allylic oxidation sites excluding steroid dienone is 6. The van der Waals surface area contributed by atoms with E-state index in [0.717, 1.165) is 20.3 Å². The summed E-state index contributed by atoms with van der Waals surface area (Å²) in [5.41, 5.74) is -2.74. The van der Waals surface area contributed by atoms with Gasteiger partial charge < -0.3 is 80.0 Å². The Morgan fingerprint density at radius 1 is 0.576 bits per heavy atom. The van der Waals surface area contributed by atoms with E-state index < -0.39 is 216 Å². The van der Waals surface area contributed by atoms with Crippen LogP contribution in [-0.4, -0.2) is 287 Å². The van der Waals surface area contributed by atoms with Crippen LogP contribution in [0.25, 0.3) is 0 Å². The lowest BCUT2D eigenvalue weighted by molar-refractivity contribution is -0.182. The van der Waals surface area contributed by atoms with Crippen molar-refractivity contribution in [3.05, 3.63) is 36.0 Å². The van der Waals surface area contributed by atoms with Crippen LogP contribution >= 0.6 is 0 Å². The van der Waals surface area contributed by atoms with Gasteiger partial charge in [0.2, 0.25) is 70.8 Å². The number of amides is 11. The third-order valence-electron chi connectivity index (χ3n) is 25.2. The first-order valence-electron chi connectivity index (χ1n) is 42.3. The molecule has 118 heavy (non-hydrogen) atoms. The number of likely N-dealkylation sites (N-methyl/N-ethyl adjacent to an activating group) is 7. The van der Waals surface area contributed by atoms with Crippen molar-refractivity contribution in [2.75, 3.05) is 75.7 Å². The second kappa shape index (κ2) is 42.7. The summed E-state index contributed by atoms with van der Waals surface area (Å²) in [7, 11) is 9.56. The highest BCUT2D eigenvalue weighted by Gasteiger charge is 2.68. The van der Waals surface area contributed by atoms with Gasteiger partial charge in [-0.05, 0) is 157 Å². The summed E-state index contributed by atoms with van der Waals surface area (Å²) < 4.78 is 17.2.